The van der Waals surface area contributed by atoms with Crippen LogP contribution in [0.25, 0.3) is 0 Å². The second-order valence-corrected chi connectivity index (χ2v) is 4.70. The molecule has 104 valence electrons. The molecule has 0 amide bonds. The van der Waals surface area contributed by atoms with Gasteiger partial charge in [0.1, 0.15) is 0 Å². The Bertz CT molecular complexity index is 581. The number of nitrogens with two attached hydrogens (primary N) is 1. The normalized spacial score (nSPS) is 13.2. The number of amidine groups is 1. The quantitative estimate of drug-likeness (QED) is 0.338. The molecule has 2 rings (SSSR count). The van der Waals surface area contributed by atoms with Gasteiger partial charge in [-0.2, -0.15) is 0 Å². The molecule has 2 aromatic carbocycles. The van der Waals surface area contributed by atoms with E-state index in [1.54, 1.807) is 0 Å². The van der Waals surface area contributed by atoms with E-state index in [0.717, 1.165) is 17.7 Å². The van der Waals surface area contributed by atoms with Crippen molar-refractivity contribution >= 4 is 5.84 Å². The van der Waals surface area contributed by atoms with E-state index in [-0.39, 0.29) is 11.9 Å². The number of hydrogen-bond acceptors (Lipinski definition) is 3. The number of benzene rings is 2. The van der Waals surface area contributed by atoms with Crippen molar-refractivity contribution < 1.29 is 5.21 Å². The maximum atomic E-state index is 8.69. The summed E-state index contributed by atoms with van der Waals surface area (Å²) < 4.78 is 0. The van der Waals surface area contributed by atoms with Gasteiger partial charge in [0.05, 0.1) is 0 Å². The van der Waals surface area contributed by atoms with Crippen molar-refractivity contribution in [3.8, 4) is 0 Å². The largest absolute Gasteiger partial charge is 0.409 e. The molecule has 0 aliphatic carbocycles. The fraction of sp³-hybridized carbons (Fsp3) is 0.188. The van der Waals surface area contributed by atoms with Crippen molar-refractivity contribution in [3.05, 3.63) is 71.3 Å². The van der Waals surface area contributed by atoms with Crippen LogP contribution in [0.3, 0.4) is 0 Å². The van der Waals surface area contributed by atoms with Crippen LogP contribution < -0.4 is 11.1 Å². The highest BCUT2D eigenvalue weighted by Crippen LogP contribution is 2.13. The van der Waals surface area contributed by atoms with Gasteiger partial charge in [0.2, 0.25) is 0 Å². The van der Waals surface area contributed by atoms with E-state index >= 15 is 0 Å². The van der Waals surface area contributed by atoms with Gasteiger partial charge in [-0.05, 0) is 24.1 Å². The first-order chi connectivity index (χ1) is 9.70. The monoisotopic (exact) mass is 269 g/mol. The molecule has 4 N–H and O–H groups in total. The predicted molar refractivity (Wildman–Crippen MR) is 80.6 cm³/mol. The van der Waals surface area contributed by atoms with Crippen LogP contribution in [0.15, 0.2) is 59.8 Å². The van der Waals surface area contributed by atoms with E-state index < -0.39 is 0 Å². The van der Waals surface area contributed by atoms with Gasteiger partial charge in [0.15, 0.2) is 5.84 Å². The van der Waals surface area contributed by atoms with Crippen molar-refractivity contribution in [1.29, 1.82) is 0 Å². The van der Waals surface area contributed by atoms with Gasteiger partial charge in [0.25, 0.3) is 0 Å². The summed E-state index contributed by atoms with van der Waals surface area (Å²) in [5.41, 5.74) is 8.66. The molecule has 0 aliphatic rings. The zero-order valence-corrected chi connectivity index (χ0v) is 11.5. The number of hydrogen-bond donors (Lipinski definition) is 3. The van der Waals surface area contributed by atoms with Crippen molar-refractivity contribution in [3.63, 3.8) is 0 Å². The first kappa shape index (κ1) is 14.1. The molecule has 0 bridgehead atoms. The minimum atomic E-state index is 0.128. The summed E-state index contributed by atoms with van der Waals surface area (Å²) in [4.78, 5) is 0. The Kier molecular flexibility index (Phi) is 4.74. The van der Waals surface area contributed by atoms with Gasteiger partial charge >= 0.3 is 0 Å². The highest BCUT2D eigenvalue weighted by Gasteiger charge is 2.05. The number of nitrogens with zero attached hydrogens (tertiary/aromatic N) is 1. The summed E-state index contributed by atoms with van der Waals surface area (Å²) in [6.07, 6.45) is 0. The van der Waals surface area contributed by atoms with E-state index in [2.05, 4.69) is 29.5 Å². The zero-order chi connectivity index (χ0) is 14.4. The van der Waals surface area contributed by atoms with Crippen molar-refractivity contribution in [1.82, 2.24) is 5.32 Å². The van der Waals surface area contributed by atoms with Gasteiger partial charge < -0.3 is 16.3 Å². The third-order valence-electron chi connectivity index (χ3n) is 3.24. The predicted octanol–water partition coefficient (Wildman–Crippen LogP) is 2.63. The molecule has 0 unspecified atom stereocenters. The van der Waals surface area contributed by atoms with Crippen LogP contribution in [0.5, 0.6) is 0 Å². The molecule has 0 saturated heterocycles. The first-order valence-electron chi connectivity index (χ1n) is 6.56. The Morgan fingerprint density at radius 2 is 1.95 bits per heavy atom. The van der Waals surface area contributed by atoms with Gasteiger partial charge in [-0.3, -0.25) is 0 Å². The lowest BCUT2D eigenvalue weighted by Gasteiger charge is -2.14. The van der Waals surface area contributed by atoms with Crippen molar-refractivity contribution in [2.24, 2.45) is 10.9 Å². The van der Waals surface area contributed by atoms with E-state index in [4.69, 9.17) is 10.9 Å². The highest BCUT2D eigenvalue weighted by molar-refractivity contribution is 5.97. The molecule has 0 radical (unpaired) electrons. The lowest BCUT2D eigenvalue weighted by atomic mass is 10.1. The minimum absolute atomic E-state index is 0.128. The van der Waals surface area contributed by atoms with Crippen LogP contribution in [0.4, 0.5) is 0 Å². The van der Waals surface area contributed by atoms with Crippen LogP contribution in [-0.2, 0) is 6.54 Å². The summed E-state index contributed by atoms with van der Waals surface area (Å²) in [7, 11) is 0. The average molecular weight is 269 g/mol. The Morgan fingerprint density at radius 3 is 2.65 bits per heavy atom. The molecular formula is C16H19N3O. The molecule has 0 spiro atoms. The Balaban J connectivity index is 2.01. The Labute approximate surface area is 118 Å². The zero-order valence-electron chi connectivity index (χ0n) is 11.5. The van der Waals surface area contributed by atoms with Crippen molar-refractivity contribution in [2.75, 3.05) is 0 Å². The molecule has 1 atom stereocenters. The summed E-state index contributed by atoms with van der Waals surface area (Å²) in [6.45, 7) is 2.85. The summed E-state index contributed by atoms with van der Waals surface area (Å²) >= 11 is 0. The third kappa shape index (κ3) is 3.59. The number of rotatable bonds is 5. The van der Waals surface area contributed by atoms with Gasteiger partial charge in [-0.25, -0.2) is 0 Å². The molecule has 0 fully saturated rings. The maximum absolute atomic E-state index is 8.69. The van der Waals surface area contributed by atoms with E-state index in [1.807, 2.05) is 42.5 Å². The SMILES string of the molecule is C[C@H](NCc1cccc(C(N)=NO)c1)c1ccccc1. The number of nitrogens with one attached hydrogen (secondary N) is 1. The Hall–Kier alpha value is -2.33. The van der Waals surface area contributed by atoms with Gasteiger partial charge in [-0.1, -0.05) is 53.7 Å². The summed E-state index contributed by atoms with van der Waals surface area (Å²) in [5, 5.41) is 15.2. The molecule has 4 heteroatoms. The highest BCUT2D eigenvalue weighted by atomic mass is 16.4. The first-order valence-corrected chi connectivity index (χ1v) is 6.56. The maximum Gasteiger partial charge on any atom is 0.170 e. The molecule has 20 heavy (non-hydrogen) atoms. The lowest BCUT2D eigenvalue weighted by Crippen LogP contribution is -2.19. The molecule has 0 saturated carbocycles. The van der Waals surface area contributed by atoms with Gasteiger partial charge in [0, 0.05) is 18.2 Å². The van der Waals surface area contributed by atoms with E-state index in [0.29, 0.717) is 0 Å². The third-order valence-corrected chi connectivity index (χ3v) is 3.24. The molecule has 0 heterocycles. The second-order valence-electron chi connectivity index (χ2n) is 4.70. The fourth-order valence-corrected chi connectivity index (χ4v) is 2.03. The summed E-state index contributed by atoms with van der Waals surface area (Å²) in [6, 6.07) is 18.2. The smallest absolute Gasteiger partial charge is 0.170 e. The molecule has 2 aromatic rings. The van der Waals surface area contributed by atoms with Crippen LogP contribution in [0.2, 0.25) is 0 Å². The Morgan fingerprint density at radius 1 is 1.20 bits per heavy atom. The van der Waals surface area contributed by atoms with Crippen LogP contribution in [0.1, 0.15) is 29.7 Å². The summed E-state index contributed by atoms with van der Waals surface area (Å²) in [5.74, 6) is 0.128. The van der Waals surface area contributed by atoms with Crippen molar-refractivity contribution in [2.45, 2.75) is 19.5 Å². The molecule has 4 nitrogen and oxygen atoms in total. The standard InChI is InChI=1S/C16H19N3O/c1-12(14-7-3-2-4-8-14)18-11-13-6-5-9-15(10-13)16(17)19-20/h2-10,12,18,20H,11H2,1H3,(H2,17,19)/t12-/m0/s1. The van der Waals surface area contributed by atoms with Crippen LogP contribution in [0, 0.1) is 0 Å². The molecule has 0 aromatic heterocycles. The molecular weight excluding hydrogens is 250 g/mol. The van der Waals surface area contributed by atoms with Crippen LogP contribution >= 0.6 is 0 Å². The number of oxime groups is 1. The topological polar surface area (TPSA) is 70.6 Å². The van der Waals surface area contributed by atoms with Gasteiger partial charge in [-0.15, -0.1) is 0 Å². The molecule has 0 aliphatic heterocycles. The van der Waals surface area contributed by atoms with E-state index in [9.17, 15) is 0 Å². The minimum Gasteiger partial charge on any atom is -0.409 e. The lowest BCUT2D eigenvalue weighted by molar-refractivity contribution is 0.318. The average Bonchev–Trinajstić information content (AvgIpc) is 2.53. The fourth-order valence-electron chi connectivity index (χ4n) is 2.03. The van der Waals surface area contributed by atoms with E-state index in [1.165, 1.54) is 5.56 Å². The second kappa shape index (κ2) is 6.73. The van der Waals surface area contributed by atoms with Crippen LogP contribution in [-0.4, -0.2) is 11.0 Å².